The number of para-hydroxylation sites is 4. The minimum Gasteiger partial charge on any atom is -0.308 e. The first kappa shape index (κ1) is 56.9. The first-order chi connectivity index (χ1) is 53.6. The number of hydrogen-bond donors (Lipinski definition) is 0. The topological polar surface area (TPSA) is 70.2 Å². The van der Waals surface area contributed by atoms with Gasteiger partial charge in [-0.05, 0) is 161 Å². The van der Waals surface area contributed by atoms with Gasteiger partial charge in [-0.1, -0.05) is 243 Å². The maximum Gasteiger partial charge on any atom is 0.235 e. The average molecular weight is 1370 g/mol. The van der Waals surface area contributed by atoms with E-state index in [9.17, 15) is 0 Å². The van der Waals surface area contributed by atoms with Crippen molar-refractivity contribution in [2.75, 3.05) is 0 Å². The highest BCUT2D eigenvalue weighted by molar-refractivity contribution is 6.40. The zero-order valence-corrected chi connectivity index (χ0v) is 57.8. The van der Waals surface area contributed by atoms with Crippen molar-refractivity contribution in [3.05, 3.63) is 328 Å². The van der Waals surface area contributed by atoms with Crippen molar-refractivity contribution >= 4 is 206 Å². The van der Waals surface area contributed by atoms with Crippen LogP contribution in [0.2, 0.25) is 0 Å². The Morgan fingerprint density at radius 1 is 0.185 bits per heavy atom. The zero-order chi connectivity index (χ0) is 69.9. The molecule has 0 spiro atoms. The summed E-state index contributed by atoms with van der Waals surface area (Å²) in [4.78, 5) is 23.1. The van der Waals surface area contributed by atoms with Crippen LogP contribution in [0.5, 0.6) is 0 Å². The Hall–Kier alpha value is -14.6. The standard InChI is InChI=1S/C100H54N8/c1-3-21-58-48-64(38-36-55(58)18-1)95-88-67-25-8-7-20-57(67)41-45-78(88)101-100(103-95)108-83-35-16-12-29-74(83)92-87(108)54-76-71-27-9-13-32-80(71)105-84-47-44-69-66(30-17-31-72(69)90(84)94(92)98(76)105)62-40-43-68-63(50-62)42-46-79-89(68)96(65-39-37-56-19-2-4-22-59(56)49-65)104-99(102-79)107-82-34-15-11-28-73(82)91-86(107)53-75-70-26-10-14-33-81(70)106-85-52-61-24-6-5-23-60(61)51-77(85)93(91)97(75)106/h1-54H. The van der Waals surface area contributed by atoms with E-state index < -0.39 is 0 Å². The van der Waals surface area contributed by atoms with Crippen molar-refractivity contribution in [2.45, 2.75) is 0 Å². The van der Waals surface area contributed by atoms with Gasteiger partial charge in [-0.25, -0.2) is 19.9 Å². The largest absolute Gasteiger partial charge is 0.308 e. The Kier molecular flexibility index (Phi) is 10.9. The van der Waals surface area contributed by atoms with Gasteiger partial charge >= 0.3 is 0 Å². The molecule has 0 bridgehead atoms. The molecule has 8 heteroatoms. The van der Waals surface area contributed by atoms with E-state index in [0.717, 1.165) is 115 Å². The van der Waals surface area contributed by atoms with Gasteiger partial charge in [0.2, 0.25) is 11.9 Å². The Labute approximate surface area is 613 Å². The van der Waals surface area contributed by atoms with E-state index in [1.54, 1.807) is 0 Å². The summed E-state index contributed by atoms with van der Waals surface area (Å²) < 4.78 is 9.71. The lowest BCUT2D eigenvalue weighted by atomic mass is 9.92. The summed E-state index contributed by atoms with van der Waals surface area (Å²) in [5, 5.41) is 30.5. The van der Waals surface area contributed by atoms with E-state index in [1.807, 2.05) is 0 Å². The Morgan fingerprint density at radius 2 is 0.611 bits per heavy atom. The van der Waals surface area contributed by atoms with Gasteiger partial charge in [0, 0.05) is 86.5 Å². The second-order valence-corrected chi connectivity index (χ2v) is 29.5. The minimum absolute atomic E-state index is 0.627. The Morgan fingerprint density at radius 3 is 1.22 bits per heavy atom. The van der Waals surface area contributed by atoms with Gasteiger partial charge in [0.15, 0.2) is 0 Å². The molecule has 0 saturated carbocycles. The van der Waals surface area contributed by atoms with Crippen LogP contribution in [0.1, 0.15) is 0 Å². The summed E-state index contributed by atoms with van der Waals surface area (Å²) in [5.41, 5.74) is 19.4. The normalized spacial score (nSPS) is 12.6. The van der Waals surface area contributed by atoms with Gasteiger partial charge in [0.1, 0.15) is 0 Å². The van der Waals surface area contributed by atoms with Crippen LogP contribution in [0, 0.1) is 0 Å². The van der Waals surface area contributed by atoms with Crippen LogP contribution in [0.4, 0.5) is 0 Å². The SMILES string of the molecule is c1ccc2cc(-c3nc(-n4c5ccccc5c5c6c7cc8ccccc8cc7n7c8ccccc8c(cc54)c67)nc4ccc5cc(-c6cccc7c6ccc6c7c7c8c9ccccc9n(-c9nc(-c%10ccc%11ccccc%11c%10)c%10c(ccc%11ccccc%11%10)n9)c8cc8c9ccccc9n6c87)ccc5c34)ccc2c1. The fourth-order valence-corrected chi connectivity index (χ4v) is 19.5. The van der Waals surface area contributed by atoms with E-state index in [2.05, 4.69) is 346 Å². The molecule has 494 valence electrons. The Balaban J connectivity index is 0.696. The molecule has 0 aliphatic heterocycles. The van der Waals surface area contributed by atoms with Gasteiger partial charge in [-0.15, -0.1) is 0 Å². The number of rotatable bonds is 5. The summed E-state index contributed by atoms with van der Waals surface area (Å²) >= 11 is 0. The lowest BCUT2D eigenvalue weighted by molar-refractivity contribution is 1.01. The van der Waals surface area contributed by atoms with Gasteiger partial charge in [0.25, 0.3) is 0 Å². The van der Waals surface area contributed by atoms with Crippen LogP contribution in [0.3, 0.4) is 0 Å². The monoisotopic (exact) mass is 1370 g/mol. The van der Waals surface area contributed by atoms with Crippen molar-refractivity contribution in [1.82, 2.24) is 37.9 Å². The van der Waals surface area contributed by atoms with Crippen molar-refractivity contribution in [3.8, 4) is 45.5 Å². The van der Waals surface area contributed by atoms with Gasteiger partial charge in [-0.3, -0.25) is 9.13 Å². The molecule has 0 unspecified atom stereocenters. The number of aromatic nitrogens is 8. The smallest absolute Gasteiger partial charge is 0.235 e. The van der Waals surface area contributed by atoms with E-state index in [4.69, 9.17) is 19.9 Å². The van der Waals surface area contributed by atoms with Gasteiger partial charge in [0.05, 0.1) is 77.6 Å². The van der Waals surface area contributed by atoms with Gasteiger partial charge in [-0.2, -0.15) is 0 Å². The molecule has 18 aromatic carbocycles. The molecule has 8 nitrogen and oxygen atoms in total. The predicted octanol–water partition coefficient (Wildman–Crippen LogP) is 26.0. The molecule has 26 rings (SSSR count). The van der Waals surface area contributed by atoms with Crippen LogP contribution in [0.25, 0.3) is 252 Å². The molecule has 26 aromatic rings. The van der Waals surface area contributed by atoms with Crippen LogP contribution in [-0.2, 0) is 0 Å². The number of fused-ring (bicyclic) bond motifs is 31. The fourth-order valence-electron chi connectivity index (χ4n) is 19.5. The van der Waals surface area contributed by atoms with Crippen LogP contribution in [-0.4, -0.2) is 37.9 Å². The second kappa shape index (κ2) is 20.6. The van der Waals surface area contributed by atoms with E-state index in [-0.39, 0.29) is 0 Å². The highest BCUT2D eigenvalue weighted by Crippen LogP contribution is 2.52. The highest BCUT2D eigenvalue weighted by Gasteiger charge is 2.30. The summed E-state index contributed by atoms with van der Waals surface area (Å²) in [7, 11) is 0. The van der Waals surface area contributed by atoms with Crippen LogP contribution in [0.15, 0.2) is 328 Å². The molecule has 0 saturated heterocycles. The predicted molar refractivity (Wildman–Crippen MR) is 452 cm³/mol. The maximum atomic E-state index is 5.90. The molecule has 8 heterocycles. The molecule has 0 aliphatic rings. The quantitative estimate of drug-likeness (QED) is 0.161. The second-order valence-electron chi connectivity index (χ2n) is 29.5. The number of benzene rings is 18. The number of hydrogen-bond acceptors (Lipinski definition) is 4. The molecule has 8 aromatic heterocycles. The summed E-state index contributed by atoms with van der Waals surface area (Å²) in [6, 6.07) is 121. The van der Waals surface area contributed by atoms with Crippen LogP contribution < -0.4 is 0 Å². The Bertz CT molecular complexity index is 8580. The molecule has 0 N–H and O–H groups in total. The summed E-state index contributed by atoms with van der Waals surface area (Å²) in [6.45, 7) is 0. The van der Waals surface area contributed by atoms with Gasteiger partial charge < -0.3 is 8.80 Å². The molecule has 0 atom stereocenters. The van der Waals surface area contributed by atoms with Crippen molar-refractivity contribution in [3.63, 3.8) is 0 Å². The van der Waals surface area contributed by atoms with Crippen LogP contribution >= 0.6 is 0 Å². The third-order valence-electron chi connectivity index (χ3n) is 24.1. The first-order valence-corrected chi connectivity index (χ1v) is 37.1. The third kappa shape index (κ3) is 7.41. The maximum absolute atomic E-state index is 5.90. The average Bonchev–Trinajstić information content (AvgIpc) is 1.51. The summed E-state index contributed by atoms with van der Waals surface area (Å²) in [6.07, 6.45) is 0. The lowest BCUT2D eigenvalue weighted by Crippen LogP contribution is -2.04. The van der Waals surface area contributed by atoms with E-state index >= 15 is 0 Å². The molecular formula is C100H54N8. The number of nitrogens with zero attached hydrogens (tertiary/aromatic N) is 8. The lowest BCUT2D eigenvalue weighted by Gasteiger charge is -2.15. The molecule has 0 aliphatic carbocycles. The fraction of sp³-hybridized carbons (Fsp3) is 0. The van der Waals surface area contributed by atoms with Crippen molar-refractivity contribution in [1.29, 1.82) is 0 Å². The summed E-state index contributed by atoms with van der Waals surface area (Å²) in [5.74, 6) is 1.26. The minimum atomic E-state index is 0.627. The van der Waals surface area contributed by atoms with E-state index in [1.165, 1.54) is 125 Å². The molecule has 108 heavy (non-hydrogen) atoms. The zero-order valence-electron chi connectivity index (χ0n) is 57.8. The first-order valence-electron chi connectivity index (χ1n) is 37.1. The van der Waals surface area contributed by atoms with Crippen molar-refractivity contribution in [2.24, 2.45) is 0 Å². The van der Waals surface area contributed by atoms with Crippen molar-refractivity contribution < 1.29 is 0 Å². The molecular weight excluding hydrogens is 1310 g/mol. The third-order valence-corrected chi connectivity index (χ3v) is 24.1. The molecule has 0 fully saturated rings. The highest BCUT2D eigenvalue weighted by atomic mass is 15.2. The molecule has 0 amide bonds. The molecule has 0 radical (unpaired) electrons. The van der Waals surface area contributed by atoms with E-state index in [0.29, 0.717) is 11.9 Å².